The van der Waals surface area contributed by atoms with E-state index in [0.717, 1.165) is 25.8 Å². The normalized spacial score (nSPS) is 7.35. The Morgan fingerprint density at radius 3 is 1.77 bits per heavy atom. The van der Waals surface area contributed by atoms with Crippen molar-refractivity contribution in [2.75, 3.05) is 25.6 Å². The molecule has 4 N–H and O–H groups in total. The number of benzene rings is 1. The Kier molecular flexibility index (Phi) is 53.3. The average Bonchev–Trinajstić information content (AvgIpc) is 2.63. The molecule has 0 bridgehead atoms. The molecule has 0 saturated carbocycles. The van der Waals surface area contributed by atoms with Gasteiger partial charge >= 0.3 is 0 Å². The molecule has 26 heavy (non-hydrogen) atoms. The highest BCUT2D eigenvalue weighted by molar-refractivity contribution is 7.97. The summed E-state index contributed by atoms with van der Waals surface area (Å²) in [4.78, 5) is 4.06. The maximum Gasteiger partial charge on any atom is 0.113 e. The van der Waals surface area contributed by atoms with E-state index in [1.54, 1.807) is 18.7 Å². The van der Waals surface area contributed by atoms with Crippen molar-refractivity contribution in [2.24, 2.45) is 5.90 Å². The van der Waals surface area contributed by atoms with Gasteiger partial charge < -0.3 is 15.3 Å². The SMILES string of the molecule is C.C=C(C)ON.C=CO.CCCNCC.CCc1ccccc1.CSC. The van der Waals surface area contributed by atoms with Gasteiger partial charge in [-0.25, -0.2) is 0 Å². The molecule has 0 aliphatic rings. The van der Waals surface area contributed by atoms with Crippen LogP contribution in [0.3, 0.4) is 0 Å². The van der Waals surface area contributed by atoms with Crippen LogP contribution in [0.5, 0.6) is 0 Å². The van der Waals surface area contributed by atoms with Crippen LogP contribution in [-0.4, -0.2) is 30.7 Å². The molecule has 0 aliphatic heterocycles. The minimum absolute atomic E-state index is 0. The quantitative estimate of drug-likeness (QED) is 0.329. The third-order valence-electron chi connectivity index (χ3n) is 2.13. The van der Waals surface area contributed by atoms with E-state index in [2.05, 4.69) is 74.2 Å². The van der Waals surface area contributed by atoms with Gasteiger partial charge in [0.1, 0.15) is 5.76 Å². The third-order valence-corrected chi connectivity index (χ3v) is 2.13. The summed E-state index contributed by atoms with van der Waals surface area (Å²) in [5, 5.41) is 10.5. The average molecular weight is 389 g/mol. The zero-order chi connectivity index (χ0) is 20.3. The van der Waals surface area contributed by atoms with Gasteiger partial charge in [0, 0.05) is 0 Å². The van der Waals surface area contributed by atoms with E-state index < -0.39 is 0 Å². The summed E-state index contributed by atoms with van der Waals surface area (Å²) in [5.74, 6) is 5.10. The molecule has 0 amide bonds. The van der Waals surface area contributed by atoms with Crippen LogP contribution in [0.25, 0.3) is 0 Å². The van der Waals surface area contributed by atoms with Crippen LogP contribution in [0.15, 0.2) is 55.5 Å². The Balaban J connectivity index is -0.0000000741. The van der Waals surface area contributed by atoms with E-state index in [1.807, 2.05) is 18.6 Å². The van der Waals surface area contributed by atoms with Gasteiger partial charge in [0.15, 0.2) is 0 Å². The van der Waals surface area contributed by atoms with E-state index in [-0.39, 0.29) is 7.43 Å². The predicted molar refractivity (Wildman–Crippen MR) is 124 cm³/mol. The fraction of sp³-hybridized carbons (Fsp3) is 0.524. The molecule has 0 heterocycles. The lowest BCUT2D eigenvalue weighted by atomic mass is 10.2. The van der Waals surface area contributed by atoms with Gasteiger partial charge in [-0.2, -0.15) is 17.7 Å². The van der Waals surface area contributed by atoms with E-state index in [0.29, 0.717) is 5.76 Å². The largest absolute Gasteiger partial charge is 0.516 e. The molecular formula is C21H44N2O2S. The first-order chi connectivity index (χ1) is 11.9. The van der Waals surface area contributed by atoms with E-state index in [1.165, 1.54) is 12.0 Å². The molecule has 0 unspecified atom stereocenters. The number of rotatable bonds is 5. The first kappa shape index (κ1) is 35.6. The van der Waals surface area contributed by atoms with Crippen LogP contribution in [-0.2, 0) is 11.3 Å². The van der Waals surface area contributed by atoms with Crippen molar-refractivity contribution in [2.45, 2.75) is 48.0 Å². The van der Waals surface area contributed by atoms with E-state index >= 15 is 0 Å². The number of nitrogens with two attached hydrogens (primary N) is 1. The first-order valence-electron chi connectivity index (χ1n) is 8.37. The van der Waals surface area contributed by atoms with Gasteiger partial charge in [0.2, 0.25) is 0 Å². The van der Waals surface area contributed by atoms with Crippen LogP contribution in [0.2, 0.25) is 0 Å². The molecule has 1 rings (SSSR count). The topological polar surface area (TPSA) is 67.5 Å². The third kappa shape index (κ3) is 57.0. The number of aliphatic hydroxyl groups is 1. The molecule has 1 aromatic carbocycles. The van der Waals surface area contributed by atoms with Crippen LogP contribution in [0.4, 0.5) is 0 Å². The number of hydrogen-bond donors (Lipinski definition) is 3. The Morgan fingerprint density at radius 2 is 1.62 bits per heavy atom. The van der Waals surface area contributed by atoms with Crippen molar-refractivity contribution in [1.29, 1.82) is 0 Å². The van der Waals surface area contributed by atoms with Crippen molar-refractivity contribution < 1.29 is 9.94 Å². The van der Waals surface area contributed by atoms with Gasteiger partial charge in [0.25, 0.3) is 0 Å². The maximum absolute atomic E-state index is 7.33. The lowest BCUT2D eigenvalue weighted by molar-refractivity contribution is 0.224. The number of thioether (sulfide) groups is 1. The maximum atomic E-state index is 7.33. The summed E-state index contributed by atoms with van der Waals surface area (Å²) < 4.78 is 0. The highest BCUT2D eigenvalue weighted by Crippen LogP contribution is 1.96. The van der Waals surface area contributed by atoms with Gasteiger partial charge in [0.05, 0.1) is 6.26 Å². The van der Waals surface area contributed by atoms with Gasteiger partial charge in [-0.05, 0) is 50.9 Å². The summed E-state index contributed by atoms with van der Waals surface area (Å²) in [6, 6.07) is 10.5. The standard InChI is InChI=1S/C8H10.C5H13N.C3H7NO.C2H4O.C2H6S.CH4/c1-2-8-6-4-3-5-7-8;1-3-5-6-4-2;1-3(2)5-4;1-2-3;1-3-2;/h3-7H,2H2,1H3;6H,3-5H2,1-2H3;1,4H2,2H3;2-3H,1H2;1-2H3;1H4. The lowest BCUT2D eigenvalue weighted by Gasteiger charge is -1.91. The monoisotopic (exact) mass is 388 g/mol. The van der Waals surface area contributed by atoms with Crippen LogP contribution < -0.4 is 11.2 Å². The smallest absolute Gasteiger partial charge is 0.113 e. The zero-order valence-corrected chi connectivity index (χ0v) is 17.9. The molecule has 0 aromatic heterocycles. The fourth-order valence-electron chi connectivity index (χ4n) is 1.07. The Morgan fingerprint density at radius 1 is 1.23 bits per heavy atom. The van der Waals surface area contributed by atoms with Crippen molar-refractivity contribution in [3.05, 3.63) is 61.1 Å². The Bertz CT molecular complexity index is 343. The molecule has 156 valence electrons. The highest BCUT2D eigenvalue weighted by atomic mass is 32.2. The summed E-state index contributed by atoms with van der Waals surface area (Å²) in [5.41, 5.74) is 1.41. The molecule has 0 saturated heterocycles. The summed E-state index contributed by atoms with van der Waals surface area (Å²) in [6.07, 6.45) is 7.22. The molecule has 0 atom stereocenters. The van der Waals surface area contributed by atoms with E-state index in [9.17, 15) is 0 Å². The van der Waals surface area contributed by atoms with Gasteiger partial charge in [-0.3, -0.25) is 0 Å². The zero-order valence-electron chi connectivity index (χ0n) is 17.0. The second-order valence-electron chi connectivity index (χ2n) is 4.60. The molecule has 5 heteroatoms. The van der Waals surface area contributed by atoms with E-state index in [4.69, 9.17) is 5.11 Å². The van der Waals surface area contributed by atoms with Crippen LogP contribution >= 0.6 is 11.8 Å². The number of allylic oxidation sites excluding steroid dienone is 1. The Hall–Kier alpha value is -1.43. The molecule has 0 radical (unpaired) electrons. The highest BCUT2D eigenvalue weighted by Gasteiger charge is 1.80. The molecule has 0 fully saturated rings. The lowest BCUT2D eigenvalue weighted by Crippen LogP contribution is -2.12. The van der Waals surface area contributed by atoms with Crippen LogP contribution in [0.1, 0.15) is 47.1 Å². The van der Waals surface area contributed by atoms with Crippen molar-refractivity contribution in [3.63, 3.8) is 0 Å². The predicted octanol–water partition coefficient (Wildman–Crippen LogP) is 5.97. The number of aliphatic hydroxyl groups excluding tert-OH is 1. The molecule has 0 aliphatic carbocycles. The number of nitrogens with one attached hydrogen (secondary N) is 1. The second kappa shape index (κ2) is 38.9. The number of aryl methyl sites for hydroxylation is 1. The molecule has 0 spiro atoms. The van der Waals surface area contributed by atoms with Crippen molar-refractivity contribution in [3.8, 4) is 0 Å². The van der Waals surface area contributed by atoms with Crippen LogP contribution in [0, 0.1) is 0 Å². The summed E-state index contributed by atoms with van der Waals surface area (Å²) in [7, 11) is 0. The molecular weight excluding hydrogens is 344 g/mol. The van der Waals surface area contributed by atoms with Gasteiger partial charge in [-0.15, -0.1) is 0 Å². The minimum Gasteiger partial charge on any atom is -0.516 e. The number of hydrogen-bond acceptors (Lipinski definition) is 5. The fourth-order valence-corrected chi connectivity index (χ4v) is 1.07. The molecule has 1 aromatic rings. The Labute approximate surface area is 167 Å². The van der Waals surface area contributed by atoms with Crippen molar-refractivity contribution in [1.82, 2.24) is 5.32 Å². The first-order valence-corrected chi connectivity index (χ1v) is 10.0. The van der Waals surface area contributed by atoms with Gasteiger partial charge in [-0.1, -0.05) is 71.7 Å². The summed E-state index contributed by atoms with van der Waals surface area (Å²) >= 11 is 1.75. The minimum atomic E-state index is 0. The second-order valence-corrected chi connectivity index (χ2v) is 5.42. The summed E-state index contributed by atoms with van der Waals surface area (Å²) in [6.45, 7) is 16.6. The van der Waals surface area contributed by atoms with Crippen molar-refractivity contribution >= 4 is 11.8 Å². The molecule has 4 nitrogen and oxygen atoms in total.